The molecule has 0 saturated heterocycles. The van der Waals surface area contributed by atoms with Gasteiger partial charge in [-0.3, -0.25) is 9.30 Å². The molecule has 0 bridgehead atoms. The molecule has 0 unspecified atom stereocenters. The zero-order valence-corrected chi connectivity index (χ0v) is 21.6. The third kappa shape index (κ3) is 4.79. The molecular formula is C25H30N4O4S2. The van der Waals surface area contributed by atoms with Crippen LogP contribution in [0.15, 0.2) is 52.6 Å². The van der Waals surface area contributed by atoms with Crippen LogP contribution in [0.1, 0.15) is 37.8 Å². The number of hydrogen-bond donors (Lipinski definition) is 1. The van der Waals surface area contributed by atoms with Gasteiger partial charge in [0.2, 0.25) is 0 Å². The molecule has 2 aliphatic rings. The summed E-state index contributed by atoms with van der Waals surface area (Å²) in [5.41, 5.74) is 2.11. The van der Waals surface area contributed by atoms with Crippen LogP contribution in [0.3, 0.4) is 0 Å². The number of fused-ring (bicyclic) bond motifs is 1. The first kappa shape index (κ1) is 24.1. The number of ether oxygens (including phenoxy) is 2. The van der Waals surface area contributed by atoms with Crippen molar-refractivity contribution >= 4 is 43.4 Å². The minimum atomic E-state index is -3.87. The maximum atomic E-state index is 13.4. The molecule has 1 fully saturated rings. The number of anilines is 1. The summed E-state index contributed by atoms with van der Waals surface area (Å²) in [7, 11) is -0.718. The highest BCUT2D eigenvalue weighted by Crippen LogP contribution is 2.46. The second kappa shape index (κ2) is 9.83. The lowest BCUT2D eigenvalue weighted by atomic mass is 9.88. The Labute approximate surface area is 210 Å². The SMILES string of the molecule is COCCOc1cc(N(C)S(=O)(=O)c2ccccn2)c2[nH]c(C3=NCC4(CCCCC4)S3)cc2c1. The lowest BCUT2D eigenvalue weighted by Gasteiger charge is -2.31. The Morgan fingerprint density at radius 1 is 1.14 bits per heavy atom. The molecule has 1 spiro atoms. The van der Waals surface area contributed by atoms with E-state index in [-0.39, 0.29) is 9.77 Å². The van der Waals surface area contributed by atoms with E-state index in [9.17, 15) is 8.42 Å². The van der Waals surface area contributed by atoms with E-state index in [1.54, 1.807) is 25.3 Å². The zero-order chi connectivity index (χ0) is 24.5. The number of benzene rings is 1. The molecule has 0 radical (unpaired) electrons. The summed E-state index contributed by atoms with van der Waals surface area (Å²) in [6.07, 6.45) is 7.67. The number of thioether (sulfide) groups is 1. The van der Waals surface area contributed by atoms with Crippen LogP contribution in [0, 0.1) is 0 Å². The number of pyridine rings is 1. The third-order valence-electron chi connectivity index (χ3n) is 6.66. The van der Waals surface area contributed by atoms with Gasteiger partial charge in [0, 0.05) is 36.6 Å². The van der Waals surface area contributed by atoms with Gasteiger partial charge in [0.15, 0.2) is 5.03 Å². The summed E-state index contributed by atoms with van der Waals surface area (Å²) < 4.78 is 39.2. The van der Waals surface area contributed by atoms with Crippen LogP contribution >= 0.6 is 11.8 Å². The van der Waals surface area contributed by atoms with E-state index in [0.717, 1.165) is 22.7 Å². The van der Waals surface area contributed by atoms with Gasteiger partial charge in [-0.15, -0.1) is 0 Å². The minimum absolute atomic E-state index is 0.0110. The molecule has 1 saturated carbocycles. The molecule has 3 heterocycles. The van der Waals surface area contributed by atoms with Gasteiger partial charge >= 0.3 is 0 Å². The number of hydrogen-bond acceptors (Lipinski definition) is 7. The van der Waals surface area contributed by atoms with Gasteiger partial charge in [-0.1, -0.05) is 37.1 Å². The van der Waals surface area contributed by atoms with Crippen molar-refractivity contribution in [2.45, 2.75) is 41.9 Å². The monoisotopic (exact) mass is 514 g/mol. The number of sulfonamides is 1. The van der Waals surface area contributed by atoms with Gasteiger partial charge in [-0.05, 0) is 37.1 Å². The summed E-state index contributed by atoms with van der Waals surface area (Å²) in [5.74, 6) is 0.572. The van der Waals surface area contributed by atoms with Crippen molar-refractivity contribution in [2.24, 2.45) is 4.99 Å². The topological polar surface area (TPSA) is 96.9 Å². The molecule has 2 aromatic heterocycles. The number of aromatic nitrogens is 2. The Balaban J connectivity index is 1.53. The fourth-order valence-corrected chi connectivity index (χ4v) is 7.25. The molecule has 1 N–H and O–H groups in total. The first-order valence-electron chi connectivity index (χ1n) is 11.8. The van der Waals surface area contributed by atoms with Crippen LogP contribution < -0.4 is 9.04 Å². The first-order valence-corrected chi connectivity index (χ1v) is 14.1. The predicted octanol–water partition coefficient (Wildman–Crippen LogP) is 4.61. The smallest absolute Gasteiger partial charge is 0.281 e. The fourth-order valence-electron chi connectivity index (χ4n) is 4.74. The number of methoxy groups -OCH3 is 1. The molecule has 5 rings (SSSR count). The number of nitrogens with one attached hydrogen (secondary N) is 1. The summed E-state index contributed by atoms with van der Waals surface area (Å²) in [5, 5.41) is 1.84. The quantitative estimate of drug-likeness (QED) is 0.441. The number of rotatable bonds is 8. The van der Waals surface area contributed by atoms with E-state index in [0.29, 0.717) is 30.2 Å². The van der Waals surface area contributed by atoms with E-state index >= 15 is 0 Å². The average Bonchev–Trinajstić information content (AvgIpc) is 3.49. The highest BCUT2D eigenvalue weighted by molar-refractivity contribution is 8.15. The predicted molar refractivity (Wildman–Crippen MR) is 140 cm³/mol. The summed E-state index contributed by atoms with van der Waals surface area (Å²) >= 11 is 1.87. The van der Waals surface area contributed by atoms with E-state index in [1.165, 1.54) is 55.7 Å². The van der Waals surface area contributed by atoms with Crippen molar-refractivity contribution in [1.82, 2.24) is 9.97 Å². The third-order valence-corrected chi connectivity index (χ3v) is 9.86. The normalized spacial score (nSPS) is 17.6. The van der Waals surface area contributed by atoms with Crippen LogP contribution in [-0.4, -0.2) is 62.1 Å². The van der Waals surface area contributed by atoms with Crippen LogP contribution in [0.25, 0.3) is 10.9 Å². The van der Waals surface area contributed by atoms with E-state index < -0.39 is 10.0 Å². The van der Waals surface area contributed by atoms with Gasteiger partial charge < -0.3 is 14.5 Å². The van der Waals surface area contributed by atoms with Gasteiger partial charge in [0.25, 0.3) is 10.0 Å². The molecule has 35 heavy (non-hydrogen) atoms. The van der Waals surface area contributed by atoms with Crippen LogP contribution in [-0.2, 0) is 14.8 Å². The Hall–Kier alpha value is -2.56. The number of aliphatic imine (C=N–C) groups is 1. The zero-order valence-electron chi connectivity index (χ0n) is 20.0. The maximum absolute atomic E-state index is 13.4. The van der Waals surface area contributed by atoms with Crippen LogP contribution in [0.5, 0.6) is 5.75 Å². The Morgan fingerprint density at radius 2 is 1.97 bits per heavy atom. The number of H-pyrrole nitrogens is 1. The molecule has 0 amide bonds. The van der Waals surface area contributed by atoms with Crippen molar-refractivity contribution in [3.05, 3.63) is 48.3 Å². The molecule has 0 atom stereocenters. The highest BCUT2D eigenvalue weighted by atomic mass is 32.2. The van der Waals surface area contributed by atoms with Crippen LogP contribution in [0.2, 0.25) is 0 Å². The van der Waals surface area contributed by atoms with E-state index in [4.69, 9.17) is 14.5 Å². The molecule has 3 aromatic rings. The maximum Gasteiger partial charge on any atom is 0.281 e. The second-order valence-electron chi connectivity index (χ2n) is 9.04. The fraction of sp³-hybridized carbons (Fsp3) is 0.440. The standard InChI is InChI=1S/C25H30N4O4S2/c1-29(35(30,31)22-8-4-7-11-26-22)21-16-19(33-13-12-32-2)14-18-15-20(28-23(18)21)24-27-17-25(34-24)9-5-3-6-10-25/h4,7-8,11,14-16,28H,3,5-6,9-10,12-13,17H2,1-2H3. The lowest BCUT2D eigenvalue weighted by Crippen LogP contribution is -2.28. The van der Waals surface area contributed by atoms with Gasteiger partial charge in [0.1, 0.15) is 17.4 Å². The molecule has 8 nitrogen and oxygen atoms in total. The molecule has 1 aliphatic heterocycles. The highest BCUT2D eigenvalue weighted by Gasteiger charge is 2.39. The summed E-state index contributed by atoms with van der Waals surface area (Å²) in [4.78, 5) is 12.4. The van der Waals surface area contributed by atoms with E-state index in [2.05, 4.69) is 9.97 Å². The van der Waals surface area contributed by atoms with Gasteiger partial charge in [0.05, 0.1) is 30.0 Å². The van der Waals surface area contributed by atoms with Crippen molar-refractivity contribution in [2.75, 3.05) is 38.2 Å². The van der Waals surface area contributed by atoms with Crippen molar-refractivity contribution < 1.29 is 17.9 Å². The molecular weight excluding hydrogens is 484 g/mol. The number of nitrogens with zero attached hydrogens (tertiary/aromatic N) is 3. The largest absolute Gasteiger partial charge is 0.491 e. The summed E-state index contributed by atoms with van der Waals surface area (Å²) in [6.45, 7) is 1.64. The minimum Gasteiger partial charge on any atom is -0.491 e. The van der Waals surface area contributed by atoms with Crippen molar-refractivity contribution in [3.63, 3.8) is 0 Å². The van der Waals surface area contributed by atoms with Crippen molar-refractivity contribution in [1.29, 1.82) is 0 Å². The Morgan fingerprint density at radius 3 is 2.71 bits per heavy atom. The number of aromatic amines is 1. The first-order chi connectivity index (χ1) is 16.9. The van der Waals surface area contributed by atoms with Gasteiger partial charge in [-0.25, -0.2) is 4.98 Å². The Bertz CT molecular complexity index is 1330. The van der Waals surface area contributed by atoms with Gasteiger partial charge in [-0.2, -0.15) is 8.42 Å². The Kier molecular flexibility index (Phi) is 6.78. The molecule has 1 aromatic carbocycles. The van der Waals surface area contributed by atoms with Crippen LogP contribution in [0.4, 0.5) is 5.69 Å². The molecule has 1 aliphatic carbocycles. The van der Waals surface area contributed by atoms with Crippen molar-refractivity contribution in [3.8, 4) is 5.75 Å². The van der Waals surface area contributed by atoms with E-state index in [1.807, 2.05) is 23.9 Å². The summed E-state index contributed by atoms with van der Waals surface area (Å²) in [6, 6.07) is 10.6. The molecule has 186 valence electrons. The average molecular weight is 515 g/mol. The molecule has 10 heteroatoms. The second-order valence-corrected chi connectivity index (χ2v) is 12.4. The lowest BCUT2D eigenvalue weighted by molar-refractivity contribution is 0.146.